The fraction of sp³-hybridized carbons (Fsp3) is 0.400. The minimum Gasteiger partial charge on any atom is -0.495 e. The molecule has 1 aliphatic heterocycles. The highest BCUT2D eigenvalue weighted by atomic mass is 32.2. The Morgan fingerprint density at radius 3 is 2.41 bits per heavy atom. The first-order valence-corrected chi connectivity index (χ1v) is 11.2. The van der Waals surface area contributed by atoms with Gasteiger partial charge < -0.3 is 15.0 Å². The Morgan fingerprint density at radius 1 is 1.19 bits per heavy atom. The molecule has 2 aromatic rings. The number of pyridine rings is 1. The Bertz CT molecular complexity index is 1070. The largest absolute Gasteiger partial charge is 0.495 e. The number of carbonyl (C=O) groups excluding carboxylic acids is 1. The maximum absolute atomic E-state index is 12.7. The van der Waals surface area contributed by atoms with Crippen LogP contribution in [0.3, 0.4) is 0 Å². The van der Waals surface area contributed by atoms with Gasteiger partial charge in [0.1, 0.15) is 16.5 Å². The number of methoxy groups -OCH3 is 1. The molecule has 12 heteroatoms. The summed E-state index contributed by atoms with van der Waals surface area (Å²) in [6.07, 6.45) is -2.50. The van der Waals surface area contributed by atoms with Crippen molar-refractivity contribution in [1.82, 2.24) is 15.0 Å². The predicted octanol–water partition coefficient (Wildman–Crippen LogP) is 2.42. The van der Waals surface area contributed by atoms with E-state index in [2.05, 4.69) is 15.0 Å². The van der Waals surface area contributed by atoms with Crippen LogP contribution in [0.5, 0.6) is 5.75 Å². The number of halogens is 3. The van der Waals surface area contributed by atoms with Crippen LogP contribution in [-0.2, 0) is 16.2 Å². The first-order chi connectivity index (χ1) is 15.0. The highest BCUT2D eigenvalue weighted by molar-refractivity contribution is 7.89. The van der Waals surface area contributed by atoms with Gasteiger partial charge in [-0.25, -0.2) is 18.1 Å². The van der Waals surface area contributed by atoms with Gasteiger partial charge in [0.05, 0.1) is 12.7 Å². The summed E-state index contributed by atoms with van der Waals surface area (Å²) in [6, 6.07) is 6.31. The maximum atomic E-state index is 12.7. The Balaban J connectivity index is 1.63. The van der Waals surface area contributed by atoms with Crippen molar-refractivity contribution < 1.29 is 31.1 Å². The number of alkyl halides is 3. The van der Waals surface area contributed by atoms with Gasteiger partial charge in [0.15, 0.2) is 0 Å². The predicted molar refractivity (Wildman–Crippen MR) is 111 cm³/mol. The van der Waals surface area contributed by atoms with Gasteiger partial charge in [-0.05, 0) is 50.2 Å². The minimum absolute atomic E-state index is 0.119. The Kier molecular flexibility index (Phi) is 6.94. The number of hydrogen-bond donors (Lipinski definition) is 2. The lowest BCUT2D eigenvalue weighted by atomic mass is 10.0. The number of carbonyl (C=O) groups is 1. The molecule has 1 aromatic carbocycles. The van der Waals surface area contributed by atoms with E-state index in [1.54, 1.807) is 0 Å². The summed E-state index contributed by atoms with van der Waals surface area (Å²) in [5, 5.41) is 2.88. The van der Waals surface area contributed by atoms with E-state index in [4.69, 9.17) is 4.74 Å². The highest BCUT2D eigenvalue weighted by Gasteiger charge is 2.31. The van der Waals surface area contributed by atoms with E-state index < -0.39 is 27.7 Å². The standard InChI is InChI=1S/C20H23F3N4O4S/c1-24-32(29,30)17-11-13(3-5-16(17)31-2)19(28)26-15-7-9-27(10-8-15)18-6-4-14(12-25-18)20(21,22)23/h3-6,11-12,15,24H,7-10H2,1-2H3,(H,26,28). The number of nitrogens with one attached hydrogen (secondary N) is 2. The number of piperidine rings is 1. The van der Waals surface area contributed by atoms with E-state index in [9.17, 15) is 26.4 Å². The third-order valence-electron chi connectivity index (χ3n) is 5.21. The molecule has 0 spiro atoms. The molecule has 0 aliphatic carbocycles. The fourth-order valence-corrected chi connectivity index (χ4v) is 4.32. The van der Waals surface area contributed by atoms with Crippen molar-refractivity contribution in [3.8, 4) is 5.75 Å². The molecular weight excluding hydrogens is 449 g/mol. The number of benzene rings is 1. The lowest BCUT2D eigenvalue weighted by Gasteiger charge is -2.33. The normalized spacial score (nSPS) is 15.5. The molecule has 3 rings (SSSR count). The van der Waals surface area contributed by atoms with Crippen molar-refractivity contribution in [2.24, 2.45) is 0 Å². The van der Waals surface area contributed by atoms with Crippen LogP contribution >= 0.6 is 0 Å². The molecule has 0 saturated carbocycles. The Hall–Kier alpha value is -2.86. The van der Waals surface area contributed by atoms with Crippen LogP contribution in [0.25, 0.3) is 0 Å². The number of anilines is 1. The van der Waals surface area contributed by atoms with Gasteiger partial charge in [0, 0.05) is 30.9 Å². The van der Waals surface area contributed by atoms with E-state index in [0.29, 0.717) is 31.7 Å². The van der Waals surface area contributed by atoms with Gasteiger partial charge in [-0.2, -0.15) is 13.2 Å². The first-order valence-electron chi connectivity index (χ1n) is 9.76. The van der Waals surface area contributed by atoms with Crippen LogP contribution < -0.4 is 19.7 Å². The Labute approximate surface area is 183 Å². The van der Waals surface area contributed by atoms with Crippen LogP contribution in [0.2, 0.25) is 0 Å². The zero-order valence-electron chi connectivity index (χ0n) is 17.4. The van der Waals surface area contributed by atoms with E-state index >= 15 is 0 Å². The van der Waals surface area contributed by atoms with E-state index in [-0.39, 0.29) is 22.3 Å². The van der Waals surface area contributed by atoms with Crippen molar-refractivity contribution >= 4 is 21.7 Å². The fourth-order valence-electron chi connectivity index (χ4n) is 3.40. The molecule has 32 heavy (non-hydrogen) atoms. The molecule has 1 fully saturated rings. The lowest BCUT2D eigenvalue weighted by Crippen LogP contribution is -2.45. The second-order valence-corrected chi connectivity index (χ2v) is 9.07. The number of nitrogens with zero attached hydrogens (tertiary/aromatic N) is 2. The molecule has 1 aliphatic rings. The van der Waals surface area contributed by atoms with Gasteiger partial charge in [-0.1, -0.05) is 0 Å². The molecule has 0 bridgehead atoms. The summed E-state index contributed by atoms with van der Waals surface area (Å²) in [7, 11) is -1.22. The lowest BCUT2D eigenvalue weighted by molar-refractivity contribution is -0.137. The highest BCUT2D eigenvalue weighted by Crippen LogP contribution is 2.30. The second kappa shape index (κ2) is 9.33. The third kappa shape index (κ3) is 5.30. The molecular formula is C20H23F3N4O4S. The minimum atomic E-state index is -4.43. The van der Waals surface area contributed by atoms with Gasteiger partial charge in [-0.3, -0.25) is 4.79 Å². The van der Waals surface area contributed by atoms with Crippen molar-refractivity contribution in [2.75, 3.05) is 32.1 Å². The molecule has 0 atom stereocenters. The smallest absolute Gasteiger partial charge is 0.417 e. The molecule has 2 N–H and O–H groups in total. The average Bonchev–Trinajstić information content (AvgIpc) is 2.78. The van der Waals surface area contributed by atoms with Gasteiger partial charge in [-0.15, -0.1) is 0 Å². The SMILES string of the molecule is CNS(=O)(=O)c1cc(C(=O)NC2CCN(c3ccc(C(F)(F)F)cn3)CC2)ccc1OC. The van der Waals surface area contributed by atoms with Gasteiger partial charge in [0.25, 0.3) is 5.91 Å². The average molecular weight is 472 g/mol. The zero-order chi connectivity index (χ0) is 23.5. The van der Waals surface area contributed by atoms with E-state index in [0.717, 1.165) is 12.3 Å². The third-order valence-corrected chi connectivity index (χ3v) is 6.65. The summed E-state index contributed by atoms with van der Waals surface area (Å²) in [6.45, 7) is 1.01. The quantitative estimate of drug-likeness (QED) is 0.670. The summed E-state index contributed by atoms with van der Waals surface area (Å²) < 4.78 is 69.7. The molecule has 1 amide bonds. The number of hydrogen-bond acceptors (Lipinski definition) is 6. The maximum Gasteiger partial charge on any atom is 0.417 e. The number of aromatic nitrogens is 1. The Morgan fingerprint density at radius 2 is 1.88 bits per heavy atom. The van der Waals surface area contributed by atoms with Gasteiger partial charge in [0.2, 0.25) is 10.0 Å². The van der Waals surface area contributed by atoms with Crippen molar-refractivity contribution in [3.05, 3.63) is 47.7 Å². The molecule has 1 aromatic heterocycles. The topological polar surface area (TPSA) is 101 Å². The summed E-state index contributed by atoms with van der Waals surface area (Å²) in [4.78, 5) is 18.3. The summed E-state index contributed by atoms with van der Waals surface area (Å²) >= 11 is 0. The number of sulfonamides is 1. The molecule has 8 nitrogen and oxygen atoms in total. The second-order valence-electron chi connectivity index (χ2n) is 7.21. The summed E-state index contributed by atoms with van der Waals surface area (Å²) in [5.74, 6) is 0.138. The van der Waals surface area contributed by atoms with Crippen molar-refractivity contribution in [1.29, 1.82) is 0 Å². The molecule has 2 heterocycles. The van der Waals surface area contributed by atoms with Crippen LogP contribution in [-0.4, -0.2) is 52.6 Å². The zero-order valence-corrected chi connectivity index (χ0v) is 18.3. The molecule has 1 saturated heterocycles. The van der Waals surface area contributed by atoms with Crippen LogP contribution in [0.1, 0.15) is 28.8 Å². The van der Waals surface area contributed by atoms with E-state index in [1.165, 1.54) is 38.4 Å². The molecule has 0 radical (unpaired) electrons. The monoisotopic (exact) mass is 472 g/mol. The van der Waals surface area contributed by atoms with Crippen LogP contribution in [0.4, 0.5) is 19.0 Å². The van der Waals surface area contributed by atoms with Crippen molar-refractivity contribution in [2.45, 2.75) is 30.0 Å². The van der Waals surface area contributed by atoms with Crippen LogP contribution in [0.15, 0.2) is 41.4 Å². The summed E-state index contributed by atoms with van der Waals surface area (Å²) in [5.41, 5.74) is -0.631. The first kappa shape index (κ1) is 23.8. The molecule has 174 valence electrons. The van der Waals surface area contributed by atoms with Crippen LogP contribution in [0, 0.1) is 0 Å². The van der Waals surface area contributed by atoms with E-state index in [1.807, 2.05) is 4.90 Å². The van der Waals surface area contributed by atoms with Crippen molar-refractivity contribution in [3.63, 3.8) is 0 Å². The molecule has 0 unspecified atom stereocenters. The number of ether oxygens (including phenoxy) is 1. The number of rotatable bonds is 6. The van der Waals surface area contributed by atoms with Gasteiger partial charge >= 0.3 is 6.18 Å². The number of amides is 1.